The number of aliphatic carboxylic acids is 1. The lowest BCUT2D eigenvalue weighted by Gasteiger charge is -2.24. The van der Waals surface area contributed by atoms with Gasteiger partial charge in [0.05, 0.1) is 0 Å². The Morgan fingerprint density at radius 1 is 1.28 bits per heavy atom. The third-order valence-corrected chi connectivity index (χ3v) is 2.70. The summed E-state index contributed by atoms with van der Waals surface area (Å²) in [5, 5.41) is 24.8. The molecule has 100 valence electrons. The van der Waals surface area contributed by atoms with Crippen LogP contribution in [0.2, 0.25) is 0 Å². The number of ether oxygens (including phenoxy) is 1. The summed E-state index contributed by atoms with van der Waals surface area (Å²) in [5.74, 6) is -2.32. The minimum Gasteiger partial charge on any atom is -0.479 e. The summed E-state index contributed by atoms with van der Waals surface area (Å²) in [5.41, 5.74) is -2.83. The summed E-state index contributed by atoms with van der Waals surface area (Å²) >= 11 is 0. The molecule has 0 amide bonds. The van der Waals surface area contributed by atoms with E-state index in [1.165, 1.54) is 27.0 Å². The first-order valence-corrected chi connectivity index (χ1v) is 5.35. The van der Waals surface area contributed by atoms with E-state index in [1.54, 1.807) is 13.8 Å². The number of esters is 1. The van der Waals surface area contributed by atoms with Gasteiger partial charge in [-0.25, -0.2) is 9.59 Å². The van der Waals surface area contributed by atoms with Crippen molar-refractivity contribution >= 4 is 11.9 Å². The van der Waals surface area contributed by atoms with E-state index in [9.17, 15) is 9.59 Å². The number of carbonyl (C=O) groups excluding carboxylic acids is 1. The molecule has 0 aromatic carbocycles. The fourth-order valence-electron chi connectivity index (χ4n) is 0.841. The van der Waals surface area contributed by atoms with Crippen LogP contribution in [0.5, 0.6) is 0 Å². The number of carboxylic acids is 1. The zero-order chi connectivity index (χ0) is 14.6. The SMILES string of the molecule is CC(C)C(C)(N=NC(C)(C)C(=O)OC#N)C(=O)O. The maximum atomic E-state index is 11.4. The molecule has 0 heterocycles. The van der Waals surface area contributed by atoms with Crippen LogP contribution in [0.1, 0.15) is 34.6 Å². The highest BCUT2D eigenvalue weighted by molar-refractivity contribution is 5.81. The highest BCUT2D eigenvalue weighted by Gasteiger charge is 2.39. The Morgan fingerprint density at radius 3 is 2.11 bits per heavy atom. The lowest BCUT2D eigenvalue weighted by atomic mass is 9.90. The number of carboxylic acid groups (broad SMARTS) is 1. The zero-order valence-electron chi connectivity index (χ0n) is 11.1. The van der Waals surface area contributed by atoms with Gasteiger partial charge in [0, 0.05) is 0 Å². The minimum atomic E-state index is -1.43. The summed E-state index contributed by atoms with van der Waals surface area (Å²) < 4.78 is 4.16. The van der Waals surface area contributed by atoms with Crippen LogP contribution in [-0.2, 0) is 14.3 Å². The fraction of sp³-hybridized carbons (Fsp3) is 0.727. The normalized spacial score (nSPS) is 15.2. The molecular formula is C11H17N3O4. The number of nitriles is 1. The van der Waals surface area contributed by atoms with Crippen LogP contribution in [0.4, 0.5) is 0 Å². The quantitative estimate of drug-likeness (QED) is 0.456. The number of hydrogen-bond acceptors (Lipinski definition) is 6. The lowest BCUT2D eigenvalue weighted by molar-refractivity contribution is -0.146. The minimum absolute atomic E-state index is 0.304. The first kappa shape index (κ1) is 16.0. The molecule has 0 bridgehead atoms. The van der Waals surface area contributed by atoms with Crippen molar-refractivity contribution in [2.45, 2.75) is 45.7 Å². The van der Waals surface area contributed by atoms with Gasteiger partial charge in [0.1, 0.15) is 0 Å². The molecule has 0 spiro atoms. The first-order valence-electron chi connectivity index (χ1n) is 5.35. The molecule has 7 heteroatoms. The first-order chi connectivity index (χ1) is 8.08. The number of rotatable bonds is 5. The molecule has 7 nitrogen and oxygen atoms in total. The Morgan fingerprint density at radius 2 is 1.78 bits per heavy atom. The second kappa shape index (κ2) is 5.58. The van der Waals surface area contributed by atoms with Crippen molar-refractivity contribution in [3.8, 4) is 6.26 Å². The van der Waals surface area contributed by atoms with Gasteiger partial charge in [-0.05, 0) is 26.7 Å². The van der Waals surface area contributed by atoms with E-state index < -0.39 is 23.0 Å². The Balaban J connectivity index is 5.18. The molecule has 0 rings (SSSR count). The van der Waals surface area contributed by atoms with Gasteiger partial charge in [0.15, 0.2) is 11.1 Å². The van der Waals surface area contributed by atoms with E-state index in [-0.39, 0.29) is 5.92 Å². The average Bonchev–Trinajstić information content (AvgIpc) is 2.25. The molecule has 1 N–H and O–H groups in total. The number of hydrogen-bond donors (Lipinski definition) is 1. The molecule has 1 atom stereocenters. The topological polar surface area (TPSA) is 112 Å². The van der Waals surface area contributed by atoms with Crippen molar-refractivity contribution < 1.29 is 19.4 Å². The van der Waals surface area contributed by atoms with Crippen LogP contribution in [-0.4, -0.2) is 28.1 Å². The van der Waals surface area contributed by atoms with Crippen molar-refractivity contribution in [3.05, 3.63) is 0 Å². The standard InChI is InChI=1S/C11H17N3O4/c1-7(2)11(5,8(15)16)14-13-10(3,4)9(17)18-6-12/h7H,1-5H3,(H,15,16). The van der Waals surface area contributed by atoms with Gasteiger partial charge in [0.25, 0.3) is 6.26 Å². The molecular weight excluding hydrogens is 238 g/mol. The molecule has 0 saturated carbocycles. The van der Waals surface area contributed by atoms with Crippen LogP contribution in [0, 0.1) is 17.4 Å². The van der Waals surface area contributed by atoms with E-state index in [2.05, 4.69) is 15.0 Å². The Labute approximate surface area is 105 Å². The molecule has 0 aliphatic heterocycles. The molecule has 0 aromatic heterocycles. The Hall–Kier alpha value is -1.97. The van der Waals surface area contributed by atoms with Crippen molar-refractivity contribution in [2.75, 3.05) is 0 Å². The fourth-order valence-corrected chi connectivity index (χ4v) is 0.841. The number of azo groups is 1. The van der Waals surface area contributed by atoms with Crippen LogP contribution in [0.3, 0.4) is 0 Å². The predicted octanol–water partition coefficient (Wildman–Crippen LogP) is 1.74. The maximum absolute atomic E-state index is 11.4. The highest BCUT2D eigenvalue weighted by Crippen LogP contribution is 2.24. The van der Waals surface area contributed by atoms with Crippen LogP contribution >= 0.6 is 0 Å². The number of carbonyl (C=O) groups is 2. The van der Waals surface area contributed by atoms with Crippen molar-refractivity contribution in [1.29, 1.82) is 5.26 Å². The molecule has 0 radical (unpaired) electrons. The monoisotopic (exact) mass is 255 g/mol. The van der Waals surface area contributed by atoms with Crippen molar-refractivity contribution in [1.82, 2.24) is 0 Å². The molecule has 1 unspecified atom stereocenters. The lowest BCUT2D eigenvalue weighted by Crippen LogP contribution is -2.39. The third-order valence-electron chi connectivity index (χ3n) is 2.70. The van der Waals surface area contributed by atoms with E-state index in [1.807, 2.05) is 0 Å². The van der Waals surface area contributed by atoms with Gasteiger partial charge in [-0.15, -0.1) is 5.26 Å². The van der Waals surface area contributed by atoms with E-state index in [0.29, 0.717) is 0 Å². The van der Waals surface area contributed by atoms with E-state index in [4.69, 9.17) is 10.4 Å². The summed E-state index contributed by atoms with van der Waals surface area (Å²) in [6.07, 6.45) is 1.25. The second-order valence-electron chi connectivity index (χ2n) is 4.85. The predicted molar refractivity (Wildman–Crippen MR) is 61.5 cm³/mol. The van der Waals surface area contributed by atoms with Gasteiger partial charge in [-0.3, -0.25) is 0 Å². The van der Waals surface area contributed by atoms with E-state index >= 15 is 0 Å². The van der Waals surface area contributed by atoms with Gasteiger partial charge >= 0.3 is 11.9 Å². The van der Waals surface area contributed by atoms with Crippen molar-refractivity contribution in [2.24, 2.45) is 16.1 Å². The molecule has 0 fully saturated rings. The summed E-state index contributed by atoms with van der Waals surface area (Å²) in [7, 11) is 0. The molecule has 18 heavy (non-hydrogen) atoms. The average molecular weight is 255 g/mol. The van der Waals surface area contributed by atoms with Crippen LogP contribution in [0.15, 0.2) is 10.2 Å². The Bertz CT molecular complexity index is 409. The second-order valence-corrected chi connectivity index (χ2v) is 4.85. The van der Waals surface area contributed by atoms with E-state index in [0.717, 1.165) is 0 Å². The number of nitrogens with zero attached hydrogens (tertiary/aromatic N) is 3. The Kier molecular flexibility index (Phi) is 4.97. The van der Waals surface area contributed by atoms with Crippen LogP contribution < -0.4 is 0 Å². The largest absolute Gasteiger partial charge is 0.479 e. The smallest absolute Gasteiger partial charge is 0.350 e. The molecule has 0 aliphatic carbocycles. The van der Waals surface area contributed by atoms with Gasteiger partial charge in [0.2, 0.25) is 0 Å². The summed E-state index contributed by atoms with van der Waals surface area (Å²) in [6, 6.07) is 0. The molecule has 0 aromatic rings. The van der Waals surface area contributed by atoms with Gasteiger partial charge in [-0.2, -0.15) is 10.2 Å². The van der Waals surface area contributed by atoms with Gasteiger partial charge in [-0.1, -0.05) is 13.8 Å². The summed E-state index contributed by atoms with van der Waals surface area (Å²) in [6.45, 7) is 7.56. The van der Waals surface area contributed by atoms with Gasteiger partial charge < -0.3 is 9.84 Å². The zero-order valence-corrected chi connectivity index (χ0v) is 11.1. The molecule has 0 aliphatic rings. The highest BCUT2D eigenvalue weighted by atomic mass is 16.5. The molecule has 0 saturated heterocycles. The third kappa shape index (κ3) is 3.52. The van der Waals surface area contributed by atoms with Crippen molar-refractivity contribution in [3.63, 3.8) is 0 Å². The summed E-state index contributed by atoms with van der Waals surface area (Å²) in [4.78, 5) is 22.5. The van der Waals surface area contributed by atoms with Crippen LogP contribution in [0.25, 0.3) is 0 Å². The maximum Gasteiger partial charge on any atom is 0.350 e.